The van der Waals surface area contributed by atoms with E-state index in [0.717, 1.165) is 18.3 Å². The fraction of sp³-hybridized carbons (Fsp3) is 0.444. The van der Waals surface area contributed by atoms with E-state index in [-0.39, 0.29) is 28.1 Å². The van der Waals surface area contributed by atoms with Gasteiger partial charge >= 0.3 is 0 Å². The maximum atomic E-state index is 14.7. The molecule has 1 saturated heterocycles. The molecule has 0 radical (unpaired) electrons. The van der Waals surface area contributed by atoms with Gasteiger partial charge in [0.15, 0.2) is 5.82 Å². The van der Waals surface area contributed by atoms with E-state index in [1.807, 2.05) is 0 Å². The minimum absolute atomic E-state index is 0.00131. The van der Waals surface area contributed by atoms with Crippen LogP contribution in [0, 0.1) is 17.0 Å². The van der Waals surface area contributed by atoms with Crippen LogP contribution in [0.2, 0.25) is 5.28 Å². The van der Waals surface area contributed by atoms with Gasteiger partial charge in [-0.15, -0.1) is 0 Å². The Hall–Kier alpha value is -1.95. The molecule has 0 saturated carbocycles. The Balaban J connectivity index is 1.89. The quantitative estimate of drug-likeness (QED) is 0.735. The number of hydrogen-bond donors (Lipinski definition) is 1. The van der Waals surface area contributed by atoms with E-state index < -0.39 is 11.6 Å². The van der Waals surface area contributed by atoms with Gasteiger partial charge in [-0.3, -0.25) is 0 Å². The molecule has 1 N–H and O–H groups in total. The van der Waals surface area contributed by atoms with E-state index in [4.69, 9.17) is 11.6 Å². The number of benzene rings is 1. The lowest BCUT2D eigenvalue weighted by atomic mass is 9.75. The molecule has 1 aromatic carbocycles. The third kappa shape index (κ3) is 2.23. The minimum Gasteiger partial charge on any atom is -0.361 e. The van der Waals surface area contributed by atoms with Crippen LogP contribution in [0.5, 0.6) is 0 Å². The van der Waals surface area contributed by atoms with Crippen LogP contribution in [0.3, 0.4) is 0 Å². The molecule has 2 aliphatic heterocycles. The lowest BCUT2D eigenvalue weighted by Crippen LogP contribution is -2.48. The van der Waals surface area contributed by atoms with Crippen molar-refractivity contribution in [1.82, 2.24) is 9.97 Å². The zero-order valence-electron chi connectivity index (χ0n) is 14.5. The van der Waals surface area contributed by atoms with Crippen molar-refractivity contribution >= 4 is 23.0 Å². The molecule has 1 aromatic heterocycles. The van der Waals surface area contributed by atoms with Crippen LogP contribution in [0.15, 0.2) is 18.3 Å². The summed E-state index contributed by atoms with van der Waals surface area (Å²) in [6, 6.07) is 3.06. The molecule has 132 valence electrons. The summed E-state index contributed by atoms with van der Waals surface area (Å²) < 4.78 is 28.9. The normalized spacial score (nSPS) is 22.5. The fourth-order valence-corrected chi connectivity index (χ4v) is 4.03. The van der Waals surface area contributed by atoms with E-state index in [2.05, 4.69) is 47.9 Å². The van der Waals surface area contributed by atoms with Crippen LogP contribution in [-0.4, -0.2) is 21.7 Å². The highest BCUT2D eigenvalue weighted by Crippen LogP contribution is 2.55. The molecule has 3 heterocycles. The molecular formula is C18H19ClF2N4. The van der Waals surface area contributed by atoms with Gasteiger partial charge in [0.1, 0.15) is 17.7 Å². The summed E-state index contributed by atoms with van der Waals surface area (Å²) in [5.41, 5.74) is 1.38. The summed E-state index contributed by atoms with van der Waals surface area (Å²) in [6.45, 7) is 8.71. The first-order valence-electron chi connectivity index (χ1n) is 8.20. The monoisotopic (exact) mass is 364 g/mol. The zero-order chi connectivity index (χ0) is 18.1. The summed E-state index contributed by atoms with van der Waals surface area (Å²) in [4.78, 5) is 9.74. The van der Waals surface area contributed by atoms with E-state index in [0.29, 0.717) is 11.3 Å². The van der Waals surface area contributed by atoms with Gasteiger partial charge in [-0.2, -0.15) is 0 Å². The van der Waals surface area contributed by atoms with Gasteiger partial charge in [-0.1, -0.05) is 13.8 Å². The molecule has 4 nitrogen and oxygen atoms in total. The highest BCUT2D eigenvalue weighted by atomic mass is 35.5. The largest absolute Gasteiger partial charge is 0.361 e. The molecule has 1 unspecified atom stereocenters. The standard InChI is InChI=1S/C18H19ClF2N4/c1-17(2)7-13-23-15-10(20)5-9(6-12(15)25(13)18(17,3)4)14-11(21)8-22-16(19)24-14/h5-6,8,13,23H,7H2,1-4H3. The van der Waals surface area contributed by atoms with Crippen LogP contribution in [0.1, 0.15) is 34.1 Å². The second-order valence-corrected chi connectivity index (χ2v) is 8.20. The Morgan fingerprint density at radius 1 is 1.20 bits per heavy atom. The molecule has 4 rings (SSSR count). The number of halogens is 3. The molecule has 0 amide bonds. The van der Waals surface area contributed by atoms with Crippen molar-refractivity contribution in [3.8, 4) is 11.3 Å². The summed E-state index contributed by atoms with van der Waals surface area (Å²) in [6.07, 6.45) is 1.90. The third-order valence-electron chi connectivity index (χ3n) is 5.90. The third-order valence-corrected chi connectivity index (χ3v) is 6.08. The summed E-state index contributed by atoms with van der Waals surface area (Å²) in [5, 5.41) is 3.21. The first-order chi connectivity index (χ1) is 11.6. The molecule has 7 heteroatoms. The predicted octanol–water partition coefficient (Wildman–Crippen LogP) is 4.84. The molecule has 0 bridgehead atoms. The van der Waals surface area contributed by atoms with E-state index in [1.165, 1.54) is 6.07 Å². The second-order valence-electron chi connectivity index (χ2n) is 7.86. The highest BCUT2D eigenvalue weighted by Gasteiger charge is 2.55. The van der Waals surface area contributed by atoms with E-state index in [1.54, 1.807) is 6.07 Å². The number of anilines is 2. The Labute approximate surface area is 150 Å². The van der Waals surface area contributed by atoms with E-state index >= 15 is 0 Å². The van der Waals surface area contributed by atoms with Crippen molar-refractivity contribution in [3.63, 3.8) is 0 Å². The first-order valence-corrected chi connectivity index (χ1v) is 8.57. The van der Waals surface area contributed by atoms with Crippen LogP contribution < -0.4 is 10.2 Å². The smallest absolute Gasteiger partial charge is 0.223 e. The van der Waals surface area contributed by atoms with Crippen molar-refractivity contribution < 1.29 is 8.78 Å². The van der Waals surface area contributed by atoms with Crippen molar-refractivity contribution in [1.29, 1.82) is 0 Å². The topological polar surface area (TPSA) is 41.1 Å². The van der Waals surface area contributed by atoms with Gasteiger partial charge < -0.3 is 10.2 Å². The van der Waals surface area contributed by atoms with Crippen LogP contribution in [0.4, 0.5) is 20.2 Å². The average Bonchev–Trinajstić information content (AvgIpc) is 2.95. The molecule has 0 spiro atoms. The molecule has 0 aliphatic carbocycles. The van der Waals surface area contributed by atoms with Crippen molar-refractivity contribution in [2.24, 2.45) is 5.41 Å². The van der Waals surface area contributed by atoms with Gasteiger partial charge in [0.05, 0.1) is 17.6 Å². The number of hydrogen-bond acceptors (Lipinski definition) is 4. The molecule has 25 heavy (non-hydrogen) atoms. The predicted molar refractivity (Wildman–Crippen MR) is 94.8 cm³/mol. The van der Waals surface area contributed by atoms with Crippen LogP contribution >= 0.6 is 11.6 Å². The van der Waals surface area contributed by atoms with Gasteiger partial charge in [0.2, 0.25) is 5.28 Å². The van der Waals surface area contributed by atoms with Gasteiger partial charge in [-0.25, -0.2) is 18.7 Å². The van der Waals surface area contributed by atoms with E-state index in [9.17, 15) is 8.78 Å². The fourth-order valence-electron chi connectivity index (χ4n) is 3.90. The molecule has 2 aromatic rings. The molecule has 1 atom stereocenters. The minimum atomic E-state index is -0.632. The number of rotatable bonds is 1. The SMILES string of the molecule is CC1(C)CC2Nc3c(F)cc(-c4nc(Cl)ncc4F)cc3N2C1(C)C. The summed E-state index contributed by atoms with van der Waals surface area (Å²) >= 11 is 5.79. The highest BCUT2D eigenvalue weighted by molar-refractivity contribution is 6.28. The maximum Gasteiger partial charge on any atom is 0.223 e. The number of nitrogens with one attached hydrogen (secondary N) is 1. The Morgan fingerprint density at radius 3 is 2.64 bits per heavy atom. The zero-order valence-corrected chi connectivity index (χ0v) is 15.2. The van der Waals surface area contributed by atoms with Gasteiger partial charge in [-0.05, 0) is 49.4 Å². The Morgan fingerprint density at radius 2 is 1.92 bits per heavy atom. The molecule has 1 fully saturated rings. The van der Waals surface area contributed by atoms with Crippen LogP contribution in [0.25, 0.3) is 11.3 Å². The second kappa shape index (κ2) is 5.04. The maximum absolute atomic E-state index is 14.7. The Bertz CT molecular complexity index is 882. The number of aromatic nitrogens is 2. The van der Waals surface area contributed by atoms with Crippen molar-refractivity contribution in [2.45, 2.75) is 45.8 Å². The average molecular weight is 365 g/mol. The van der Waals surface area contributed by atoms with Crippen molar-refractivity contribution in [2.75, 3.05) is 10.2 Å². The lowest BCUT2D eigenvalue weighted by molar-refractivity contribution is 0.244. The molecular weight excluding hydrogens is 346 g/mol. The number of fused-ring (bicyclic) bond motifs is 3. The number of nitrogens with zero attached hydrogens (tertiary/aromatic N) is 3. The summed E-state index contributed by atoms with van der Waals surface area (Å²) in [7, 11) is 0. The van der Waals surface area contributed by atoms with Crippen LogP contribution in [-0.2, 0) is 0 Å². The Kier molecular flexibility index (Phi) is 3.33. The summed E-state index contributed by atoms with van der Waals surface area (Å²) in [5.74, 6) is -1.06. The van der Waals surface area contributed by atoms with Gasteiger partial charge in [0.25, 0.3) is 0 Å². The van der Waals surface area contributed by atoms with Crippen molar-refractivity contribution in [3.05, 3.63) is 35.2 Å². The lowest BCUT2D eigenvalue weighted by Gasteiger charge is -2.41. The first kappa shape index (κ1) is 16.5. The van der Waals surface area contributed by atoms with Gasteiger partial charge in [0, 0.05) is 11.1 Å². The molecule has 2 aliphatic rings.